The number of likely N-dealkylation sites (tertiary alicyclic amines) is 1. The quantitative estimate of drug-likeness (QED) is 0.837. The van der Waals surface area contributed by atoms with E-state index in [0.717, 1.165) is 26.1 Å². The summed E-state index contributed by atoms with van der Waals surface area (Å²) in [6, 6.07) is 0. The van der Waals surface area contributed by atoms with Crippen LogP contribution in [0.1, 0.15) is 51.4 Å². The van der Waals surface area contributed by atoms with E-state index in [-0.39, 0.29) is 5.60 Å². The van der Waals surface area contributed by atoms with Crippen LogP contribution in [0, 0.1) is 5.92 Å². The van der Waals surface area contributed by atoms with E-state index in [1.807, 2.05) is 0 Å². The second-order valence-corrected chi connectivity index (χ2v) is 6.62. The molecular weight excluding hydrogens is 226 g/mol. The maximum atomic E-state index is 9.19. The topological polar surface area (TPSA) is 32.7 Å². The molecule has 0 aromatic heterocycles. The third kappa shape index (κ3) is 2.73. The number of nitrogens with zero attached hydrogens (tertiary/aromatic N) is 1. The Morgan fingerprint density at radius 3 is 2.67 bits per heavy atom. The number of hydrogen-bond acceptors (Lipinski definition) is 3. The molecule has 3 rings (SSSR count). The maximum Gasteiger partial charge on any atom is 0.0710 e. The largest absolute Gasteiger partial charge is 0.396 e. The molecule has 0 radical (unpaired) electrons. The summed E-state index contributed by atoms with van der Waals surface area (Å²) in [5.74, 6) is 0.509. The molecule has 2 saturated heterocycles. The highest BCUT2D eigenvalue weighted by atomic mass is 16.5. The molecule has 0 bridgehead atoms. The summed E-state index contributed by atoms with van der Waals surface area (Å²) >= 11 is 0. The Morgan fingerprint density at radius 1 is 1.11 bits per heavy atom. The van der Waals surface area contributed by atoms with Crippen LogP contribution in [0.25, 0.3) is 0 Å². The Bertz CT molecular complexity index is 276. The monoisotopic (exact) mass is 253 g/mol. The minimum atomic E-state index is 0.263. The lowest BCUT2D eigenvalue weighted by atomic mass is 9.83. The summed E-state index contributed by atoms with van der Waals surface area (Å²) in [4.78, 5) is 2.49. The molecule has 18 heavy (non-hydrogen) atoms. The Kier molecular flexibility index (Phi) is 3.92. The molecule has 2 unspecified atom stereocenters. The molecule has 3 nitrogen and oxygen atoms in total. The molecule has 1 aliphatic carbocycles. The van der Waals surface area contributed by atoms with E-state index in [4.69, 9.17) is 4.74 Å². The number of hydrogen-bond donors (Lipinski definition) is 1. The first kappa shape index (κ1) is 12.9. The highest BCUT2D eigenvalue weighted by Gasteiger charge is 2.41. The zero-order valence-electron chi connectivity index (χ0n) is 11.4. The van der Waals surface area contributed by atoms with Gasteiger partial charge in [-0.05, 0) is 44.6 Å². The SMILES string of the molecule is OCC1CCN(CC2CCC3(CCCCC3)O2)C1. The van der Waals surface area contributed by atoms with E-state index in [0.29, 0.717) is 18.6 Å². The molecular formula is C15H27NO2. The molecule has 2 heterocycles. The van der Waals surface area contributed by atoms with Crippen LogP contribution in [0.5, 0.6) is 0 Å². The first-order valence-corrected chi connectivity index (χ1v) is 7.81. The van der Waals surface area contributed by atoms with Crippen LogP contribution >= 0.6 is 0 Å². The second kappa shape index (κ2) is 5.48. The van der Waals surface area contributed by atoms with E-state index < -0.39 is 0 Å². The molecule has 0 aromatic rings. The lowest BCUT2D eigenvalue weighted by molar-refractivity contribution is -0.0706. The van der Waals surface area contributed by atoms with Gasteiger partial charge < -0.3 is 14.7 Å². The van der Waals surface area contributed by atoms with Crippen molar-refractivity contribution in [3.63, 3.8) is 0 Å². The van der Waals surface area contributed by atoms with Gasteiger partial charge >= 0.3 is 0 Å². The summed E-state index contributed by atoms with van der Waals surface area (Å²) in [5.41, 5.74) is 0.263. The summed E-state index contributed by atoms with van der Waals surface area (Å²) in [6.45, 7) is 3.67. The highest BCUT2D eigenvalue weighted by molar-refractivity contribution is 4.92. The van der Waals surface area contributed by atoms with Crippen molar-refractivity contribution in [3.8, 4) is 0 Å². The van der Waals surface area contributed by atoms with E-state index in [1.54, 1.807) is 0 Å². The fourth-order valence-corrected chi connectivity index (χ4v) is 4.10. The second-order valence-electron chi connectivity index (χ2n) is 6.62. The molecule has 1 saturated carbocycles. The number of aliphatic hydroxyl groups excluding tert-OH is 1. The van der Waals surface area contributed by atoms with Gasteiger partial charge in [0.05, 0.1) is 11.7 Å². The van der Waals surface area contributed by atoms with Gasteiger partial charge in [-0.1, -0.05) is 19.3 Å². The highest BCUT2D eigenvalue weighted by Crippen LogP contribution is 2.42. The van der Waals surface area contributed by atoms with Gasteiger partial charge in [-0.2, -0.15) is 0 Å². The lowest BCUT2D eigenvalue weighted by Gasteiger charge is -2.34. The first-order valence-electron chi connectivity index (χ1n) is 7.81. The minimum Gasteiger partial charge on any atom is -0.396 e. The fourth-order valence-electron chi connectivity index (χ4n) is 4.10. The Hall–Kier alpha value is -0.120. The molecule has 3 fully saturated rings. The van der Waals surface area contributed by atoms with Crippen molar-refractivity contribution in [2.45, 2.75) is 63.1 Å². The third-order valence-corrected chi connectivity index (χ3v) is 5.19. The predicted molar refractivity (Wildman–Crippen MR) is 71.6 cm³/mol. The zero-order chi connectivity index (χ0) is 12.4. The van der Waals surface area contributed by atoms with Crippen LogP contribution < -0.4 is 0 Å². The van der Waals surface area contributed by atoms with Crippen LogP contribution in [0.2, 0.25) is 0 Å². The molecule has 104 valence electrons. The maximum absolute atomic E-state index is 9.19. The van der Waals surface area contributed by atoms with E-state index in [2.05, 4.69) is 4.90 Å². The number of ether oxygens (including phenoxy) is 1. The lowest BCUT2D eigenvalue weighted by Crippen LogP contribution is -2.36. The van der Waals surface area contributed by atoms with Crippen LogP contribution in [-0.4, -0.2) is 48.0 Å². The minimum absolute atomic E-state index is 0.263. The normalized spacial score (nSPS) is 36.5. The van der Waals surface area contributed by atoms with Gasteiger partial charge in [0.15, 0.2) is 0 Å². The van der Waals surface area contributed by atoms with Gasteiger partial charge in [0.1, 0.15) is 0 Å². The van der Waals surface area contributed by atoms with Gasteiger partial charge in [0.25, 0.3) is 0 Å². The molecule has 2 aliphatic heterocycles. The average molecular weight is 253 g/mol. The zero-order valence-corrected chi connectivity index (χ0v) is 11.4. The van der Waals surface area contributed by atoms with Crippen LogP contribution in [0.15, 0.2) is 0 Å². The smallest absolute Gasteiger partial charge is 0.0710 e. The Labute approximate surface area is 110 Å². The van der Waals surface area contributed by atoms with Gasteiger partial charge in [-0.25, -0.2) is 0 Å². The molecule has 0 aromatic carbocycles. The fraction of sp³-hybridized carbons (Fsp3) is 1.00. The van der Waals surface area contributed by atoms with Crippen molar-refractivity contribution in [1.29, 1.82) is 0 Å². The summed E-state index contributed by atoms with van der Waals surface area (Å²) < 4.78 is 6.42. The van der Waals surface area contributed by atoms with Crippen molar-refractivity contribution >= 4 is 0 Å². The average Bonchev–Trinajstić information content (AvgIpc) is 2.99. The van der Waals surface area contributed by atoms with E-state index >= 15 is 0 Å². The van der Waals surface area contributed by atoms with Gasteiger partial charge in [-0.15, -0.1) is 0 Å². The van der Waals surface area contributed by atoms with Crippen LogP contribution in [-0.2, 0) is 4.74 Å². The Balaban J connectivity index is 1.47. The molecule has 1 spiro atoms. The van der Waals surface area contributed by atoms with Gasteiger partial charge in [0.2, 0.25) is 0 Å². The number of aliphatic hydroxyl groups is 1. The van der Waals surface area contributed by atoms with Gasteiger partial charge in [-0.3, -0.25) is 0 Å². The number of rotatable bonds is 3. The molecule has 3 aliphatic rings. The molecule has 2 atom stereocenters. The predicted octanol–water partition coefficient (Wildman–Crippen LogP) is 2.18. The van der Waals surface area contributed by atoms with Crippen LogP contribution in [0.4, 0.5) is 0 Å². The molecule has 3 heteroatoms. The van der Waals surface area contributed by atoms with E-state index in [9.17, 15) is 5.11 Å². The molecule has 1 N–H and O–H groups in total. The first-order chi connectivity index (χ1) is 8.80. The van der Waals surface area contributed by atoms with Crippen molar-refractivity contribution in [1.82, 2.24) is 4.90 Å². The van der Waals surface area contributed by atoms with E-state index in [1.165, 1.54) is 44.9 Å². The Morgan fingerprint density at radius 2 is 1.94 bits per heavy atom. The molecule has 0 amide bonds. The van der Waals surface area contributed by atoms with Gasteiger partial charge in [0, 0.05) is 19.7 Å². The third-order valence-electron chi connectivity index (χ3n) is 5.19. The van der Waals surface area contributed by atoms with Crippen molar-refractivity contribution in [2.24, 2.45) is 5.92 Å². The standard InChI is InChI=1S/C15H27NO2/c17-12-13-5-9-16(10-13)11-14-4-8-15(18-14)6-2-1-3-7-15/h13-14,17H,1-12H2. The van der Waals surface area contributed by atoms with Crippen molar-refractivity contribution in [2.75, 3.05) is 26.2 Å². The van der Waals surface area contributed by atoms with Crippen molar-refractivity contribution < 1.29 is 9.84 Å². The van der Waals surface area contributed by atoms with Crippen LogP contribution in [0.3, 0.4) is 0 Å². The van der Waals surface area contributed by atoms with Crippen molar-refractivity contribution in [3.05, 3.63) is 0 Å². The summed E-state index contributed by atoms with van der Waals surface area (Å²) in [5, 5.41) is 9.19. The summed E-state index contributed by atoms with van der Waals surface area (Å²) in [6.07, 6.45) is 10.9. The summed E-state index contributed by atoms with van der Waals surface area (Å²) in [7, 11) is 0.